The average molecular weight is 243 g/mol. The van der Waals surface area contributed by atoms with Crippen molar-refractivity contribution in [1.29, 1.82) is 0 Å². The highest BCUT2D eigenvalue weighted by atomic mass is 35.5. The van der Waals surface area contributed by atoms with E-state index in [-0.39, 0.29) is 12.5 Å². The quantitative estimate of drug-likeness (QED) is 0.866. The SMILES string of the molecule is Cc1c(Cl)c(C(C)CO)cc2c1OCCO2. The number of rotatable bonds is 2. The maximum absolute atomic E-state index is 9.18. The van der Waals surface area contributed by atoms with Crippen molar-refractivity contribution >= 4 is 11.6 Å². The molecule has 1 atom stereocenters. The average Bonchev–Trinajstić information content (AvgIpc) is 2.33. The second-order valence-corrected chi connectivity index (χ2v) is 4.39. The maximum Gasteiger partial charge on any atom is 0.165 e. The Morgan fingerprint density at radius 3 is 2.81 bits per heavy atom. The summed E-state index contributed by atoms with van der Waals surface area (Å²) in [6.07, 6.45) is 0. The number of benzene rings is 1. The predicted molar refractivity (Wildman–Crippen MR) is 62.7 cm³/mol. The van der Waals surface area contributed by atoms with Crippen LogP contribution in [0.15, 0.2) is 6.07 Å². The molecule has 3 nitrogen and oxygen atoms in total. The summed E-state index contributed by atoms with van der Waals surface area (Å²) in [6.45, 7) is 5.01. The van der Waals surface area contributed by atoms with Crippen LogP contribution in [0.1, 0.15) is 24.0 Å². The van der Waals surface area contributed by atoms with Gasteiger partial charge in [-0.15, -0.1) is 0 Å². The van der Waals surface area contributed by atoms with Gasteiger partial charge in [0.15, 0.2) is 11.5 Å². The van der Waals surface area contributed by atoms with E-state index in [0.29, 0.717) is 18.2 Å². The van der Waals surface area contributed by atoms with Gasteiger partial charge in [-0.1, -0.05) is 18.5 Å². The summed E-state index contributed by atoms with van der Waals surface area (Å²) in [4.78, 5) is 0. The van der Waals surface area contributed by atoms with Crippen molar-refractivity contribution in [1.82, 2.24) is 0 Å². The van der Waals surface area contributed by atoms with Gasteiger partial charge in [-0.25, -0.2) is 0 Å². The highest BCUT2D eigenvalue weighted by molar-refractivity contribution is 6.32. The number of aliphatic hydroxyl groups is 1. The van der Waals surface area contributed by atoms with E-state index in [1.165, 1.54) is 0 Å². The molecule has 88 valence electrons. The number of halogens is 1. The maximum atomic E-state index is 9.18. The number of ether oxygens (including phenoxy) is 2. The van der Waals surface area contributed by atoms with Crippen LogP contribution >= 0.6 is 11.6 Å². The smallest absolute Gasteiger partial charge is 0.165 e. The van der Waals surface area contributed by atoms with Crippen molar-refractivity contribution in [2.75, 3.05) is 19.8 Å². The molecule has 1 aliphatic rings. The van der Waals surface area contributed by atoms with Gasteiger partial charge in [0.05, 0.1) is 5.02 Å². The molecule has 2 rings (SSSR count). The van der Waals surface area contributed by atoms with Gasteiger partial charge >= 0.3 is 0 Å². The summed E-state index contributed by atoms with van der Waals surface area (Å²) in [7, 11) is 0. The first kappa shape index (κ1) is 11.6. The van der Waals surface area contributed by atoms with E-state index in [4.69, 9.17) is 21.1 Å². The van der Waals surface area contributed by atoms with Gasteiger partial charge in [-0.05, 0) is 18.6 Å². The molecule has 16 heavy (non-hydrogen) atoms. The van der Waals surface area contributed by atoms with E-state index < -0.39 is 0 Å². The Hall–Kier alpha value is -0.930. The Kier molecular flexibility index (Phi) is 3.26. The number of hydrogen-bond donors (Lipinski definition) is 1. The lowest BCUT2D eigenvalue weighted by Crippen LogP contribution is -2.17. The molecule has 1 aliphatic heterocycles. The van der Waals surface area contributed by atoms with Gasteiger partial charge in [0.1, 0.15) is 13.2 Å². The van der Waals surface area contributed by atoms with Crippen LogP contribution in [0.4, 0.5) is 0 Å². The molecule has 0 saturated carbocycles. The second kappa shape index (κ2) is 4.52. The highest BCUT2D eigenvalue weighted by Crippen LogP contribution is 2.41. The van der Waals surface area contributed by atoms with Gasteiger partial charge in [0.2, 0.25) is 0 Å². The van der Waals surface area contributed by atoms with Crippen molar-refractivity contribution in [3.8, 4) is 11.5 Å². The van der Waals surface area contributed by atoms with E-state index in [0.717, 1.165) is 22.6 Å². The lowest BCUT2D eigenvalue weighted by atomic mass is 9.98. The molecule has 0 radical (unpaired) electrons. The van der Waals surface area contributed by atoms with E-state index in [2.05, 4.69) is 0 Å². The topological polar surface area (TPSA) is 38.7 Å². The van der Waals surface area contributed by atoms with Gasteiger partial charge in [0, 0.05) is 18.1 Å². The molecule has 0 aromatic heterocycles. The van der Waals surface area contributed by atoms with Crippen LogP contribution in [0, 0.1) is 6.92 Å². The fourth-order valence-corrected chi connectivity index (χ4v) is 2.14. The second-order valence-electron chi connectivity index (χ2n) is 4.01. The van der Waals surface area contributed by atoms with Gasteiger partial charge in [0.25, 0.3) is 0 Å². The molecule has 0 amide bonds. The van der Waals surface area contributed by atoms with E-state index in [1.54, 1.807) is 0 Å². The third-order valence-corrected chi connectivity index (χ3v) is 3.33. The first-order valence-corrected chi connectivity index (χ1v) is 5.72. The zero-order valence-corrected chi connectivity index (χ0v) is 10.2. The normalized spacial score (nSPS) is 16.0. The molecule has 1 heterocycles. The number of hydrogen-bond acceptors (Lipinski definition) is 3. The van der Waals surface area contributed by atoms with Crippen molar-refractivity contribution in [2.45, 2.75) is 19.8 Å². The Morgan fingerprint density at radius 1 is 1.44 bits per heavy atom. The molecular formula is C12H15ClO3. The lowest BCUT2D eigenvalue weighted by Gasteiger charge is -2.23. The third kappa shape index (κ3) is 1.85. The van der Waals surface area contributed by atoms with Gasteiger partial charge in [-0.3, -0.25) is 0 Å². The van der Waals surface area contributed by atoms with Crippen molar-refractivity contribution in [3.05, 3.63) is 22.2 Å². The van der Waals surface area contributed by atoms with Crippen LogP contribution in [0.25, 0.3) is 0 Å². The largest absolute Gasteiger partial charge is 0.486 e. The Labute approximate surface area is 99.9 Å². The van der Waals surface area contributed by atoms with E-state index in [9.17, 15) is 5.11 Å². The summed E-state index contributed by atoms with van der Waals surface area (Å²) >= 11 is 6.26. The molecule has 4 heteroatoms. The van der Waals surface area contributed by atoms with Crippen LogP contribution in [0.5, 0.6) is 11.5 Å². The van der Waals surface area contributed by atoms with Crippen LogP contribution < -0.4 is 9.47 Å². The molecular weight excluding hydrogens is 228 g/mol. The molecule has 0 spiro atoms. The van der Waals surface area contributed by atoms with Crippen LogP contribution in [-0.2, 0) is 0 Å². The zero-order chi connectivity index (χ0) is 11.7. The number of fused-ring (bicyclic) bond motifs is 1. The summed E-state index contributed by atoms with van der Waals surface area (Å²) in [5.41, 5.74) is 1.79. The van der Waals surface area contributed by atoms with Gasteiger partial charge in [-0.2, -0.15) is 0 Å². The first-order valence-electron chi connectivity index (χ1n) is 5.34. The molecule has 1 unspecified atom stereocenters. The number of aliphatic hydroxyl groups excluding tert-OH is 1. The first-order chi connectivity index (χ1) is 7.65. The minimum Gasteiger partial charge on any atom is -0.486 e. The van der Waals surface area contributed by atoms with Crippen LogP contribution in [0.3, 0.4) is 0 Å². The van der Waals surface area contributed by atoms with Crippen LogP contribution in [0.2, 0.25) is 5.02 Å². The zero-order valence-electron chi connectivity index (χ0n) is 9.42. The van der Waals surface area contributed by atoms with Crippen molar-refractivity contribution in [3.63, 3.8) is 0 Å². The lowest BCUT2D eigenvalue weighted by molar-refractivity contribution is 0.170. The molecule has 0 aliphatic carbocycles. The van der Waals surface area contributed by atoms with Crippen molar-refractivity contribution in [2.24, 2.45) is 0 Å². The molecule has 1 aromatic carbocycles. The molecule has 1 aromatic rings. The van der Waals surface area contributed by atoms with Crippen LogP contribution in [-0.4, -0.2) is 24.9 Å². The minimum atomic E-state index is 0.00188. The molecule has 0 saturated heterocycles. The predicted octanol–water partition coefficient (Wildman–Crippen LogP) is 2.52. The Balaban J connectivity index is 2.52. The third-order valence-electron chi connectivity index (χ3n) is 2.83. The summed E-state index contributed by atoms with van der Waals surface area (Å²) < 4.78 is 11.1. The fraction of sp³-hybridized carbons (Fsp3) is 0.500. The van der Waals surface area contributed by atoms with Gasteiger partial charge < -0.3 is 14.6 Å². The summed E-state index contributed by atoms with van der Waals surface area (Å²) in [6, 6.07) is 1.87. The standard InChI is InChI=1S/C12H15ClO3/c1-7(6-14)9-5-10-12(8(2)11(9)13)16-4-3-15-10/h5,7,14H,3-4,6H2,1-2H3. The van der Waals surface area contributed by atoms with E-state index in [1.807, 2.05) is 19.9 Å². The minimum absolute atomic E-state index is 0.00188. The van der Waals surface area contributed by atoms with Crippen molar-refractivity contribution < 1.29 is 14.6 Å². The monoisotopic (exact) mass is 242 g/mol. The summed E-state index contributed by atoms with van der Waals surface area (Å²) in [5.74, 6) is 1.45. The highest BCUT2D eigenvalue weighted by Gasteiger charge is 2.21. The summed E-state index contributed by atoms with van der Waals surface area (Å²) in [5, 5.41) is 9.84. The molecule has 1 N–H and O–H groups in total. The Morgan fingerprint density at radius 2 is 2.12 bits per heavy atom. The molecule has 0 bridgehead atoms. The Bertz CT molecular complexity index is 404. The van der Waals surface area contributed by atoms with E-state index >= 15 is 0 Å². The molecule has 0 fully saturated rings. The fourth-order valence-electron chi connectivity index (χ4n) is 1.81.